The summed E-state index contributed by atoms with van der Waals surface area (Å²) in [6, 6.07) is 7.45. The predicted molar refractivity (Wildman–Crippen MR) is 143 cm³/mol. The molecule has 15 heteroatoms. The SMILES string of the molecule is NC(=O)[C@@H]1CCCN1C(=O)c1ccc(-c2cc3c(cn2)OC2(CCN(N4C=NC(C(F)(F)F)=CN4)CC2)C(F)(F)C3)cc1. The number of hydrogen-bond donors (Lipinski definition) is 2. The van der Waals surface area contributed by atoms with E-state index in [1.165, 1.54) is 16.2 Å². The van der Waals surface area contributed by atoms with Gasteiger partial charge < -0.3 is 15.4 Å². The monoisotopic (exact) mass is 605 g/mol. The number of rotatable bonds is 4. The Bertz CT molecular complexity index is 1490. The van der Waals surface area contributed by atoms with E-state index in [0.717, 1.165) is 6.34 Å². The van der Waals surface area contributed by atoms with Crippen LogP contribution in [0.3, 0.4) is 0 Å². The summed E-state index contributed by atoms with van der Waals surface area (Å²) < 4.78 is 75.7. The first-order valence-electron chi connectivity index (χ1n) is 13.8. The summed E-state index contributed by atoms with van der Waals surface area (Å²) in [5.74, 6) is -3.82. The molecular weight excluding hydrogens is 577 g/mol. The van der Waals surface area contributed by atoms with Crippen molar-refractivity contribution in [3.05, 3.63) is 59.6 Å². The number of carbonyl (C=O) groups excluding carboxylic acids is 2. The van der Waals surface area contributed by atoms with Crippen molar-refractivity contribution in [2.45, 2.75) is 55.8 Å². The average molecular weight is 606 g/mol. The Morgan fingerprint density at radius 2 is 1.81 bits per heavy atom. The van der Waals surface area contributed by atoms with Crippen LogP contribution >= 0.6 is 0 Å². The molecular formula is C28H28F5N7O3. The number of nitrogens with two attached hydrogens (primary N) is 1. The third-order valence-electron chi connectivity index (χ3n) is 8.38. The Kier molecular flexibility index (Phi) is 7.02. The number of halogens is 5. The molecule has 43 heavy (non-hydrogen) atoms. The zero-order valence-electron chi connectivity index (χ0n) is 22.8. The number of likely N-dealkylation sites (tertiary alicyclic amines) is 1. The summed E-state index contributed by atoms with van der Waals surface area (Å²) in [5, 5.41) is 2.83. The first-order valence-corrected chi connectivity index (χ1v) is 13.8. The Morgan fingerprint density at radius 1 is 1.09 bits per heavy atom. The van der Waals surface area contributed by atoms with Crippen LogP contribution in [0.25, 0.3) is 11.3 Å². The van der Waals surface area contributed by atoms with Crippen LogP contribution in [-0.4, -0.2) is 81.5 Å². The third-order valence-corrected chi connectivity index (χ3v) is 8.38. The Hall–Kier alpha value is -4.27. The summed E-state index contributed by atoms with van der Waals surface area (Å²) in [6.45, 7) is 0.624. The molecule has 5 heterocycles. The molecule has 0 unspecified atom stereocenters. The number of piperidine rings is 1. The molecule has 2 amide bonds. The molecule has 1 aromatic heterocycles. The molecule has 2 aromatic rings. The van der Waals surface area contributed by atoms with Gasteiger partial charge in [0.05, 0.1) is 18.1 Å². The quantitative estimate of drug-likeness (QED) is 0.514. The highest BCUT2D eigenvalue weighted by molar-refractivity contribution is 5.98. The van der Waals surface area contributed by atoms with E-state index in [1.807, 2.05) is 0 Å². The highest BCUT2D eigenvalue weighted by Gasteiger charge is 2.60. The van der Waals surface area contributed by atoms with Gasteiger partial charge in [-0.25, -0.2) is 23.9 Å². The second-order valence-electron chi connectivity index (χ2n) is 11.0. The number of amides is 2. The van der Waals surface area contributed by atoms with Crippen molar-refractivity contribution in [3.8, 4) is 17.0 Å². The Balaban J connectivity index is 1.13. The number of aromatic nitrogens is 1. The predicted octanol–water partition coefficient (Wildman–Crippen LogP) is 3.41. The van der Waals surface area contributed by atoms with Gasteiger partial charge in [0.25, 0.3) is 11.8 Å². The molecule has 0 bridgehead atoms. The summed E-state index contributed by atoms with van der Waals surface area (Å²) in [6.07, 6.45) is -1.01. The van der Waals surface area contributed by atoms with Gasteiger partial charge in [-0.05, 0) is 31.0 Å². The zero-order chi connectivity index (χ0) is 30.6. The zero-order valence-corrected chi connectivity index (χ0v) is 22.8. The third kappa shape index (κ3) is 5.26. The number of nitrogens with zero attached hydrogens (tertiary/aromatic N) is 5. The standard InChI is InChI=1S/C28H28F5N7O3/c29-27(30)13-19-12-20(17-3-5-18(6-4-17)25(42)39-9-1-2-21(39)24(34)41)35-14-22(19)43-26(27)7-10-38(11-8-26)40-16-36-23(15-37-40)28(31,32)33/h3-6,12,14-16,21,37H,1-2,7-11,13H2,(H2,34,41)/t21-/m0/s1. The summed E-state index contributed by atoms with van der Waals surface area (Å²) in [5.41, 5.74) is 6.73. The smallest absolute Gasteiger partial charge is 0.434 e. The maximum absolute atomic E-state index is 15.7. The van der Waals surface area contributed by atoms with Crippen LogP contribution in [0.4, 0.5) is 22.0 Å². The van der Waals surface area contributed by atoms with Crippen LogP contribution in [0.1, 0.15) is 41.6 Å². The van der Waals surface area contributed by atoms with Crippen LogP contribution in [0, 0.1) is 0 Å². The Labute approximate surface area is 242 Å². The van der Waals surface area contributed by atoms with Crippen molar-refractivity contribution in [1.29, 1.82) is 0 Å². The molecule has 1 spiro atoms. The van der Waals surface area contributed by atoms with E-state index in [9.17, 15) is 22.8 Å². The number of benzene rings is 1. The molecule has 6 rings (SSSR count). The number of carbonyl (C=O) groups is 2. The molecule has 4 aliphatic heterocycles. The minimum Gasteiger partial charge on any atom is -0.479 e. The number of pyridine rings is 1. The highest BCUT2D eigenvalue weighted by atomic mass is 19.4. The van der Waals surface area contributed by atoms with E-state index in [2.05, 4.69) is 15.4 Å². The molecule has 2 saturated heterocycles. The van der Waals surface area contributed by atoms with Crippen molar-refractivity contribution in [3.63, 3.8) is 0 Å². The summed E-state index contributed by atoms with van der Waals surface area (Å²) >= 11 is 0. The van der Waals surface area contributed by atoms with Gasteiger partial charge in [0.15, 0.2) is 11.3 Å². The van der Waals surface area contributed by atoms with E-state index in [-0.39, 0.29) is 37.6 Å². The van der Waals surface area contributed by atoms with Gasteiger partial charge in [0.1, 0.15) is 18.1 Å². The number of aliphatic imine (C=N–C) groups is 1. The van der Waals surface area contributed by atoms with Crippen molar-refractivity contribution >= 4 is 18.2 Å². The number of nitrogens with one attached hydrogen (secondary N) is 1. The fraction of sp³-hybridized carbons (Fsp3) is 0.429. The minimum atomic E-state index is -4.60. The van der Waals surface area contributed by atoms with Gasteiger partial charge in [-0.15, -0.1) is 0 Å². The van der Waals surface area contributed by atoms with Gasteiger partial charge in [-0.3, -0.25) is 20.0 Å². The fourth-order valence-electron chi connectivity index (χ4n) is 5.98. The first-order chi connectivity index (χ1) is 20.4. The van der Waals surface area contributed by atoms with Crippen LogP contribution in [0.5, 0.6) is 5.75 Å². The second-order valence-corrected chi connectivity index (χ2v) is 11.0. The van der Waals surface area contributed by atoms with E-state index in [1.54, 1.807) is 35.3 Å². The molecule has 2 fully saturated rings. The lowest BCUT2D eigenvalue weighted by molar-refractivity contribution is -0.206. The van der Waals surface area contributed by atoms with Crippen molar-refractivity contribution in [2.24, 2.45) is 10.7 Å². The van der Waals surface area contributed by atoms with Crippen molar-refractivity contribution < 1.29 is 36.3 Å². The van der Waals surface area contributed by atoms with Gasteiger partial charge in [-0.1, -0.05) is 12.1 Å². The first kappa shape index (κ1) is 28.8. The molecule has 10 nitrogen and oxygen atoms in total. The van der Waals surface area contributed by atoms with Gasteiger partial charge in [0, 0.05) is 55.6 Å². The second kappa shape index (κ2) is 10.5. The number of allylic oxidation sites excluding steroid dienone is 1. The molecule has 4 aliphatic rings. The van der Waals surface area contributed by atoms with Gasteiger partial charge in [0.2, 0.25) is 5.91 Å². The topological polar surface area (TPSA) is 116 Å². The lowest BCUT2D eigenvalue weighted by Gasteiger charge is -2.49. The van der Waals surface area contributed by atoms with Crippen LogP contribution in [-0.2, 0) is 11.2 Å². The largest absolute Gasteiger partial charge is 0.479 e. The lowest BCUT2D eigenvalue weighted by Crippen LogP contribution is -2.64. The average Bonchev–Trinajstić information content (AvgIpc) is 3.48. The van der Waals surface area contributed by atoms with Crippen LogP contribution in [0.2, 0.25) is 0 Å². The highest BCUT2D eigenvalue weighted by Crippen LogP contribution is 2.48. The number of ether oxygens (including phenoxy) is 1. The van der Waals surface area contributed by atoms with Crippen LogP contribution < -0.4 is 15.9 Å². The molecule has 0 radical (unpaired) electrons. The van der Waals surface area contributed by atoms with Crippen molar-refractivity contribution in [1.82, 2.24) is 25.4 Å². The number of primary amides is 1. The van der Waals surface area contributed by atoms with Crippen LogP contribution in [0.15, 0.2) is 53.4 Å². The number of fused-ring (bicyclic) bond motifs is 1. The molecule has 228 valence electrons. The molecule has 1 aromatic carbocycles. The number of hydrogen-bond acceptors (Lipinski definition) is 8. The number of hydrazine groups is 2. The summed E-state index contributed by atoms with van der Waals surface area (Å²) in [7, 11) is 0. The molecule has 3 N–H and O–H groups in total. The molecule has 0 aliphatic carbocycles. The minimum absolute atomic E-state index is 0.0772. The summed E-state index contributed by atoms with van der Waals surface area (Å²) in [4.78, 5) is 33.9. The van der Waals surface area contributed by atoms with Crippen molar-refractivity contribution in [2.75, 3.05) is 19.6 Å². The number of alkyl halides is 5. The lowest BCUT2D eigenvalue weighted by atomic mass is 9.80. The van der Waals surface area contributed by atoms with E-state index < -0.39 is 41.8 Å². The Morgan fingerprint density at radius 3 is 2.44 bits per heavy atom. The molecule has 0 saturated carbocycles. The van der Waals surface area contributed by atoms with E-state index in [0.29, 0.717) is 48.0 Å². The van der Waals surface area contributed by atoms with E-state index in [4.69, 9.17) is 10.5 Å². The maximum Gasteiger partial charge on any atom is 0.434 e. The van der Waals surface area contributed by atoms with E-state index >= 15 is 8.78 Å². The van der Waals surface area contributed by atoms with Gasteiger partial charge in [-0.2, -0.15) is 13.2 Å². The fourth-order valence-corrected chi connectivity index (χ4v) is 5.98. The van der Waals surface area contributed by atoms with Gasteiger partial charge >= 0.3 is 6.18 Å². The normalized spacial score (nSPS) is 22.9. The maximum atomic E-state index is 15.7. The molecule has 1 atom stereocenters.